The lowest BCUT2D eigenvalue weighted by molar-refractivity contribution is 0.0916. The Morgan fingerprint density at radius 3 is 2.55 bits per heavy atom. The first-order valence-corrected chi connectivity index (χ1v) is 6.92. The van der Waals surface area contributed by atoms with Crippen LogP contribution < -0.4 is 11.1 Å². The molecule has 2 aromatic carbocycles. The average molecular weight is 335 g/mol. The van der Waals surface area contributed by atoms with Gasteiger partial charge in [-0.2, -0.15) is 0 Å². The summed E-state index contributed by atoms with van der Waals surface area (Å²) < 4.78 is 0.739. The normalized spacial score (nSPS) is 11.9. The van der Waals surface area contributed by atoms with E-state index in [9.17, 15) is 9.90 Å². The van der Waals surface area contributed by atoms with Gasteiger partial charge in [-0.25, -0.2) is 0 Å². The molecule has 5 heteroatoms. The van der Waals surface area contributed by atoms with Gasteiger partial charge in [0, 0.05) is 15.7 Å². The van der Waals surface area contributed by atoms with Crippen molar-refractivity contribution in [2.75, 3.05) is 12.3 Å². The fraction of sp³-hybridized carbons (Fsp3) is 0.133. The third-order valence-corrected chi connectivity index (χ3v) is 3.33. The molecule has 0 heterocycles. The molecular formula is C15H15BrN2O2. The number of rotatable bonds is 4. The maximum atomic E-state index is 12.2. The van der Waals surface area contributed by atoms with Crippen molar-refractivity contribution in [2.45, 2.75) is 6.04 Å². The molecule has 0 fully saturated rings. The molecule has 1 atom stereocenters. The van der Waals surface area contributed by atoms with Crippen LogP contribution in [0.15, 0.2) is 53.0 Å². The highest BCUT2D eigenvalue weighted by Gasteiger charge is 2.15. The minimum absolute atomic E-state index is 0.167. The number of carbonyl (C=O) groups excluding carboxylic acids is 1. The van der Waals surface area contributed by atoms with Gasteiger partial charge in [0.2, 0.25) is 0 Å². The van der Waals surface area contributed by atoms with E-state index in [1.807, 2.05) is 30.3 Å². The third-order valence-electron chi connectivity index (χ3n) is 2.87. The molecule has 20 heavy (non-hydrogen) atoms. The molecule has 1 unspecified atom stereocenters. The van der Waals surface area contributed by atoms with Gasteiger partial charge in [0.05, 0.1) is 12.6 Å². The zero-order valence-electron chi connectivity index (χ0n) is 10.7. The highest BCUT2D eigenvalue weighted by atomic mass is 79.9. The molecule has 0 bridgehead atoms. The standard InChI is InChI=1S/C15H15BrN2O2/c16-12-6-11(7-13(17)8-12)15(20)18-14(9-19)10-4-2-1-3-5-10/h1-8,14,19H,9,17H2,(H,18,20). The van der Waals surface area contributed by atoms with E-state index >= 15 is 0 Å². The van der Waals surface area contributed by atoms with E-state index in [2.05, 4.69) is 21.2 Å². The van der Waals surface area contributed by atoms with Crippen molar-refractivity contribution in [1.82, 2.24) is 5.32 Å². The summed E-state index contributed by atoms with van der Waals surface area (Å²) in [4.78, 5) is 12.2. The van der Waals surface area contributed by atoms with E-state index in [0.29, 0.717) is 11.3 Å². The number of benzene rings is 2. The van der Waals surface area contributed by atoms with Crippen LogP contribution in [0.25, 0.3) is 0 Å². The van der Waals surface area contributed by atoms with Crippen LogP contribution in [0.1, 0.15) is 22.0 Å². The van der Waals surface area contributed by atoms with Gasteiger partial charge in [-0.15, -0.1) is 0 Å². The number of hydrogen-bond acceptors (Lipinski definition) is 3. The zero-order chi connectivity index (χ0) is 14.5. The molecule has 0 saturated heterocycles. The molecule has 0 spiro atoms. The van der Waals surface area contributed by atoms with Crippen molar-refractivity contribution in [3.63, 3.8) is 0 Å². The summed E-state index contributed by atoms with van der Waals surface area (Å²) in [5.74, 6) is -0.277. The first-order valence-electron chi connectivity index (χ1n) is 6.13. The number of aliphatic hydroxyl groups is 1. The molecule has 0 aromatic heterocycles. The first-order chi connectivity index (χ1) is 9.60. The predicted octanol–water partition coefficient (Wildman–Crippen LogP) is 2.49. The number of amides is 1. The lowest BCUT2D eigenvalue weighted by atomic mass is 10.1. The van der Waals surface area contributed by atoms with Crippen molar-refractivity contribution in [3.8, 4) is 0 Å². The van der Waals surface area contributed by atoms with Gasteiger partial charge in [0.25, 0.3) is 5.91 Å². The average Bonchev–Trinajstić information content (AvgIpc) is 2.44. The van der Waals surface area contributed by atoms with Gasteiger partial charge < -0.3 is 16.2 Å². The molecule has 0 radical (unpaired) electrons. The van der Waals surface area contributed by atoms with E-state index in [1.54, 1.807) is 18.2 Å². The van der Waals surface area contributed by atoms with E-state index in [4.69, 9.17) is 5.73 Å². The SMILES string of the molecule is Nc1cc(Br)cc(C(=O)NC(CO)c2ccccc2)c1. The number of carbonyl (C=O) groups is 1. The smallest absolute Gasteiger partial charge is 0.251 e. The van der Waals surface area contributed by atoms with Gasteiger partial charge in [-0.1, -0.05) is 46.3 Å². The monoisotopic (exact) mass is 334 g/mol. The maximum absolute atomic E-state index is 12.2. The third kappa shape index (κ3) is 3.59. The Bertz CT molecular complexity index is 582. The van der Waals surface area contributed by atoms with Crippen LogP contribution in [-0.2, 0) is 0 Å². The number of aliphatic hydroxyl groups excluding tert-OH is 1. The largest absolute Gasteiger partial charge is 0.399 e. The fourth-order valence-corrected chi connectivity index (χ4v) is 2.42. The summed E-state index contributed by atoms with van der Waals surface area (Å²) in [7, 11) is 0. The quantitative estimate of drug-likeness (QED) is 0.752. The maximum Gasteiger partial charge on any atom is 0.251 e. The van der Waals surface area contributed by atoms with Gasteiger partial charge in [0.15, 0.2) is 0 Å². The summed E-state index contributed by atoms with van der Waals surface area (Å²) in [5, 5.41) is 12.2. The molecule has 0 aliphatic carbocycles. The van der Waals surface area contributed by atoms with Crippen molar-refractivity contribution in [2.24, 2.45) is 0 Å². The summed E-state index contributed by atoms with van der Waals surface area (Å²) in [6.07, 6.45) is 0. The van der Waals surface area contributed by atoms with E-state index in [-0.39, 0.29) is 12.5 Å². The number of hydrogen-bond donors (Lipinski definition) is 3. The second-order valence-corrected chi connectivity index (χ2v) is 5.31. The molecule has 104 valence electrons. The van der Waals surface area contributed by atoms with E-state index in [1.165, 1.54) is 0 Å². The Hall–Kier alpha value is -1.85. The van der Waals surface area contributed by atoms with Crippen LogP contribution >= 0.6 is 15.9 Å². The minimum atomic E-state index is -0.441. The number of nitrogens with one attached hydrogen (secondary N) is 1. The topological polar surface area (TPSA) is 75.4 Å². The first kappa shape index (κ1) is 14.6. The Labute approximate surface area is 125 Å². The molecule has 2 aromatic rings. The highest BCUT2D eigenvalue weighted by molar-refractivity contribution is 9.10. The molecule has 0 aliphatic heterocycles. The summed E-state index contributed by atoms with van der Waals surface area (Å²) in [6.45, 7) is -0.167. The van der Waals surface area contributed by atoms with Crippen molar-refractivity contribution in [1.29, 1.82) is 0 Å². The Morgan fingerprint density at radius 1 is 1.25 bits per heavy atom. The molecule has 0 saturated carbocycles. The van der Waals surface area contributed by atoms with Gasteiger partial charge in [-0.3, -0.25) is 4.79 Å². The lowest BCUT2D eigenvalue weighted by Gasteiger charge is -2.17. The molecule has 4 nitrogen and oxygen atoms in total. The van der Waals surface area contributed by atoms with Crippen molar-refractivity contribution >= 4 is 27.5 Å². The van der Waals surface area contributed by atoms with Gasteiger partial charge in [-0.05, 0) is 23.8 Å². The summed E-state index contributed by atoms with van der Waals surface area (Å²) in [5.41, 5.74) is 7.52. The highest BCUT2D eigenvalue weighted by Crippen LogP contribution is 2.18. The number of nitrogen functional groups attached to an aromatic ring is 1. The predicted molar refractivity (Wildman–Crippen MR) is 82.3 cm³/mol. The summed E-state index contributed by atoms with van der Waals surface area (Å²) >= 11 is 3.30. The zero-order valence-corrected chi connectivity index (χ0v) is 12.3. The van der Waals surface area contributed by atoms with Crippen LogP contribution in [0, 0.1) is 0 Å². The molecule has 0 aliphatic rings. The molecule has 2 rings (SSSR count). The lowest BCUT2D eigenvalue weighted by Crippen LogP contribution is -2.30. The van der Waals surface area contributed by atoms with E-state index in [0.717, 1.165) is 10.0 Å². The Kier molecular flexibility index (Phi) is 4.76. The fourth-order valence-electron chi connectivity index (χ4n) is 1.90. The Morgan fingerprint density at radius 2 is 1.95 bits per heavy atom. The molecular weight excluding hydrogens is 320 g/mol. The number of nitrogens with two attached hydrogens (primary N) is 1. The van der Waals surface area contributed by atoms with Gasteiger partial charge in [0.1, 0.15) is 0 Å². The van der Waals surface area contributed by atoms with Crippen LogP contribution in [0.5, 0.6) is 0 Å². The van der Waals surface area contributed by atoms with Crippen LogP contribution in [0.3, 0.4) is 0 Å². The van der Waals surface area contributed by atoms with Crippen LogP contribution in [-0.4, -0.2) is 17.6 Å². The minimum Gasteiger partial charge on any atom is -0.399 e. The van der Waals surface area contributed by atoms with Crippen molar-refractivity contribution in [3.05, 3.63) is 64.1 Å². The number of anilines is 1. The number of halogens is 1. The van der Waals surface area contributed by atoms with Crippen molar-refractivity contribution < 1.29 is 9.90 Å². The Balaban J connectivity index is 2.17. The summed E-state index contributed by atoms with van der Waals surface area (Å²) in [6, 6.07) is 13.9. The van der Waals surface area contributed by atoms with E-state index < -0.39 is 6.04 Å². The van der Waals surface area contributed by atoms with Gasteiger partial charge >= 0.3 is 0 Å². The van der Waals surface area contributed by atoms with Crippen LogP contribution in [0.4, 0.5) is 5.69 Å². The second kappa shape index (κ2) is 6.54. The molecule has 4 N–H and O–H groups in total. The second-order valence-electron chi connectivity index (χ2n) is 4.39. The molecule has 1 amide bonds. The van der Waals surface area contributed by atoms with Crippen LogP contribution in [0.2, 0.25) is 0 Å².